The van der Waals surface area contributed by atoms with E-state index in [9.17, 15) is 10.2 Å². The molecule has 5 atom stereocenters. The van der Waals surface area contributed by atoms with Gasteiger partial charge in [0.2, 0.25) is 0 Å². The molecule has 0 radical (unpaired) electrons. The van der Waals surface area contributed by atoms with E-state index in [4.69, 9.17) is 14.9 Å². The molecule has 72 valence electrons. The average Bonchev–Trinajstić information content (AvgIpc) is 2.32. The maximum absolute atomic E-state index is 9.28. The van der Waals surface area contributed by atoms with Gasteiger partial charge in [-0.15, -0.1) is 0 Å². The SMILES string of the molecule is C[C@@H]1O[C@@H]([C@H](O)CO)[C@H](O)[C@@H]1O. The van der Waals surface area contributed by atoms with Gasteiger partial charge in [0.15, 0.2) is 0 Å². The number of aliphatic hydroxyl groups excluding tert-OH is 4. The van der Waals surface area contributed by atoms with E-state index in [2.05, 4.69) is 0 Å². The Hall–Kier alpha value is -0.200. The van der Waals surface area contributed by atoms with Gasteiger partial charge in [-0.1, -0.05) is 0 Å². The van der Waals surface area contributed by atoms with Gasteiger partial charge >= 0.3 is 0 Å². The van der Waals surface area contributed by atoms with Gasteiger partial charge in [-0.25, -0.2) is 0 Å². The van der Waals surface area contributed by atoms with Crippen LogP contribution in [0.3, 0.4) is 0 Å². The van der Waals surface area contributed by atoms with Crippen LogP contribution in [0, 0.1) is 0 Å². The maximum Gasteiger partial charge on any atom is 0.115 e. The highest BCUT2D eigenvalue weighted by molar-refractivity contribution is 4.91. The standard InChI is InChI=1S/C7H14O5/c1-3-5(10)6(11)7(12-3)4(9)2-8/h3-11H,2H2,1H3/t3-,4+,5+,6+,7-/m0/s1. The van der Waals surface area contributed by atoms with E-state index >= 15 is 0 Å². The molecule has 1 saturated heterocycles. The molecule has 1 fully saturated rings. The minimum atomic E-state index is -1.14. The van der Waals surface area contributed by atoms with E-state index in [0.717, 1.165) is 0 Å². The molecule has 0 aromatic rings. The van der Waals surface area contributed by atoms with Gasteiger partial charge in [0.1, 0.15) is 24.4 Å². The Labute approximate surface area is 70.2 Å². The van der Waals surface area contributed by atoms with Crippen molar-refractivity contribution >= 4 is 0 Å². The van der Waals surface area contributed by atoms with Gasteiger partial charge in [-0.2, -0.15) is 0 Å². The summed E-state index contributed by atoms with van der Waals surface area (Å²) < 4.78 is 5.03. The Balaban J connectivity index is 2.58. The lowest BCUT2D eigenvalue weighted by molar-refractivity contribution is -0.0786. The molecule has 0 amide bonds. The lowest BCUT2D eigenvalue weighted by Crippen LogP contribution is -2.40. The second-order valence-corrected chi connectivity index (χ2v) is 3.04. The van der Waals surface area contributed by atoms with Crippen molar-refractivity contribution in [3.05, 3.63) is 0 Å². The van der Waals surface area contributed by atoms with Crippen molar-refractivity contribution in [2.24, 2.45) is 0 Å². The minimum absolute atomic E-state index is 0.485. The predicted molar refractivity (Wildman–Crippen MR) is 39.4 cm³/mol. The van der Waals surface area contributed by atoms with Crippen molar-refractivity contribution in [1.29, 1.82) is 0 Å². The van der Waals surface area contributed by atoms with Gasteiger partial charge in [0.25, 0.3) is 0 Å². The van der Waals surface area contributed by atoms with Crippen molar-refractivity contribution in [3.63, 3.8) is 0 Å². The third kappa shape index (κ3) is 1.60. The summed E-state index contributed by atoms with van der Waals surface area (Å²) in [7, 11) is 0. The molecule has 1 rings (SSSR count). The van der Waals surface area contributed by atoms with Crippen LogP contribution in [0.4, 0.5) is 0 Å². The summed E-state index contributed by atoms with van der Waals surface area (Å²) in [5.41, 5.74) is 0. The fourth-order valence-corrected chi connectivity index (χ4v) is 1.30. The lowest BCUT2D eigenvalue weighted by Gasteiger charge is -2.18. The molecule has 0 unspecified atom stereocenters. The van der Waals surface area contributed by atoms with E-state index in [0.29, 0.717) is 0 Å². The second kappa shape index (κ2) is 3.68. The van der Waals surface area contributed by atoms with E-state index in [1.807, 2.05) is 0 Å². The maximum atomic E-state index is 9.28. The third-order valence-electron chi connectivity index (χ3n) is 2.11. The third-order valence-corrected chi connectivity index (χ3v) is 2.11. The predicted octanol–water partition coefficient (Wildman–Crippen LogP) is -2.15. The van der Waals surface area contributed by atoms with Crippen LogP contribution in [0.2, 0.25) is 0 Å². The summed E-state index contributed by atoms with van der Waals surface area (Å²) in [6.45, 7) is 1.11. The van der Waals surface area contributed by atoms with Crippen LogP contribution in [0.1, 0.15) is 6.92 Å². The topological polar surface area (TPSA) is 90.2 Å². The van der Waals surface area contributed by atoms with Crippen molar-refractivity contribution in [2.75, 3.05) is 6.61 Å². The fraction of sp³-hybridized carbons (Fsp3) is 1.00. The lowest BCUT2D eigenvalue weighted by atomic mass is 10.1. The Kier molecular flexibility index (Phi) is 3.03. The normalized spacial score (nSPS) is 44.8. The van der Waals surface area contributed by atoms with Crippen LogP contribution in [0.5, 0.6) is 0 Å². The van der Waals surface area contributed by atoms with Gasteiger partial charge in [-0.3, -0.25) is 0 Å². The molecule has 0 aliphatic carbocycles. The Bertz CT molecular complexity index is 151. The van der Waals surface area contributed by atoms with Crippen LogP contribution < -0.4 is 0 Å². The van der Waals surface area contributed by atoms with E-state index in [1.165, 1.54) is 0 Å². The van der Waals surface area contributed by atoms with Crippen LogP contribution in [0.15, 0.2) is 0 Å². The molecule has 0 saturated carbocycles. The average molecular weight is 178 g/mol. The van der Waals surface area contributed by atoms with Crippen LogP contribution >= 0.6 is 0 Å². The molecule has 1 aliphatic rings. The van der Waals surface area contributed by atoms with Gasteiger partial charge < -0.3 is 25.2 Å². The Morgan fingerprint density at radius 1 is 1.33 bits per heavy atom. The molecule has 1 heterocycles. The number of rotatable bonds is 2. The molecular formula is C7H14O5. The zero-order valence-corrected chi connectivity index (χ0v) is 6.79. The van der Waals surface area contributed by atoms with Crippen LogP contribution in [0.25, 0.3) is 0 Å². The minimum Gasteiger partial charge on any atom is -0.394 e. The summed E-state index contributed by atoms with van der Waals surface area (Å²) in [5, 5.41) is 36.2. The fourth-order valence-electron chi connectivity index (χ4n) is 1.30. The highest BCUT2D eigenvalue weighted by atomic mass is 16.6. The van der Waals surface area contributed by atoms with Crippen molar-refractivity contribution < 1.29 is 25.2 Å². The second-order valence-electron chi connectivity index (χ2n) is 3.04. The molecule has 0 aromatic heterocycles. The van der Waals surface area contributed by atoms with Crippen molar-refractivity contribution in [1.82, 2.24) is 0 Å². The summed E-state index contributed by atoms with van der Waals surface area (Å²) in [6.07, 6.45) is -4.65. The quantitative estimate of drug-likeness (QED) is 0.387. The summed E-state index contributed by atoms with van der Waals surface area (Å²) in [4.78, 5) is 0. The van der Waals surface area contributed by atoms with Gasteiger partial charge in [-0.05, 0) is 6.92 Å². The largest absolute Gasteiger partial charge is 0.394 e. The zero-order chi connectivity index (χ0) is 9.30. The van der Waals surface area contributed by atoms with Gasteiger partial charge in [0.05, 0.1) is 12.7 Å². The van der Waals surface area contributed by atoms with Crippen LogP contribution in [-0.2, 0) is 4.74 Å². The number of hydrogen-bond acceptors (Lipinski definition) is 5. The highest BCUT2D eigenvalue weighted by Crippen LogP contribution is 2.22. The molecule has 5 heteroatoms. The molecule has 0 spiro atoms. The zero-order valence-electron chi connectivity index (χ0n) is 6.79. The number of aliphatic hydroxyl groups is 4. The molecule has 5 nitrogen and oxygen atoms in total. The monoisotopic (exact) mass is 178 g/mol. The summed E-state index contributed by atoms with van der Waals surface area (Å²) in [5.74, 6) is 0. The van der Waals surface area contributed by atoms with E-state index in [-0.39, 0.29) is 0 Å². The Morgan fingerprint density at radius 2 is 1.92 bits per heavy atom. The molecule has 12 heavy (non-hydrogen) atoms. The Morgan fingerprint density at radius 3 is 2.25 bits per heavy atom. The van der Waals surface area contributed by atoms with Crippen molar-refractivity contribution in [3.8, 4) is 0 Å². The molecule has 0 bridgehead atoms. The first kappa shape index (κ1) is 9.88. The molecular weight excluding hydrogens is 164 g/mol. The molecule has 4 N–H and O–H groups in total. The first-order valence-corrected chi connectivity index (χ1v) is 3.88. The summed E-state index contributed by atoms with van der Waals surface area (Å²) in [6, 6.07) is 0. The van der Waals surface area contributed by atoms with E-state index < -0.39 is 37.1 Å². The first-order chi connectivity index (χ1) is 5.57. The number of ether oxygens (including phenoxy) is 1. The molecule has 0 aromatic carbocycles. The van der Waals surface area contributed by atoms with Crippen LogP contribution in [-0.4, -0.2) is 57.6 Å². The molecule has 1 aliphatic heterocycles. The number of hydrogen-bond donors (Lipinski definition) is 4. The first-order valence-electron chi connectivity index (χ1n) is 3.88. The highest BCUT2D eigenvalue weighted by Gasteiger charge is 2.43. The van der Waals surface area contributed by atoms with Gasteiger partial charge in [0, 0.05) is 0 Å². The van der Waals surface area contributed by atoms with E-state index in [1.54, 1.807) is 6.92 Å². The smallest absolute Gasteiger partial charge is 0.115 e. The van der Waals surface area contributed by atoms with Crippen molar-refractivity contribution in [2.45, 2.75) is 37.4 Å². The summed E-state index contributed by atoms with van der Waals surface area (Å²) >= 11 is 0.